The maximum Gasteiger partial charge on any atom is 0.277 e. The van der Waals surface area contributed by atoms with Crippen molar-refractivity contribution in [2.45, 2.75) is 38.5 Å². The number of carbonyl (C=O) groups excluding carboxylic acids is 3. The van der Waals surface area contributed by atoms with Crippen LogP contribution in [-0.4, -0.2) is 53.4 Å². The number of amides is 3. The summed E-state index contributed by atoms with van der Waals surface area (Å²) in [7, 11) is -4.64. The Balaban J connectivity index is 2.76. The molecule has 22 heavy (non-hydrogen) atoms. The van der Waals surface area contributed by atoms with Gasteiger partial charge < -0.3 is 5.32 Å². The van der Waals surface area contributed by atoms with Crippen LogP contribution in [0.15, 0.2) is 12.2 Å². The molecule has 0 aliphatic carbocycles. The fraction of sp³-hybridized carbons (Fsp3) is 0.615. The van der Waals surface area contributed by atoms with Crippen LogP contribution in [0.1, 0.15) is 27.2 Å². The predicted octanol–water partition coefficient (Wildman–Crippen LogP) is -0.281. The molecule has 1 aliphatic heterocycles. The van der Waals surface area contributed by atoms with Crippen molar-refractivity contribution in [3.63, 3.8) is 0 Å². The summed E-state index contributed by atoms with van der Waals surface area (Å²) in [5, 5.41) is 0.775. The van der Waals surface area contributed by atoms with Crippen molar-refractivity contribution in [2.75, 3.05) is 6.54 Å². The normalized spacial score (nSPS) is 18.0. The van der Waals surface area contributed by atoms with Gasteiger partial charge >= 0.3 is 0 Å². The highest BCUT2D eigenvalue weighted by atomic mass is 32.2. The van der Waals surface area contributed by atoms with Crippen molar-refractivity contribution in [3.8, 4) is 0 Å². The van der Waals surface area contributed by atoms with Crippen LogP contribution in [0.5, 0.6) is 0 Å². The third kappa shape index (κ3) is 4.63. The number of hydrogen-bond acceptors (Lipinski definition) is 5. The molecule has 1 aliphatic rings. The fourth-order valence-corrected chi connectivity index (χ4v) is 2.54. The lowest BCUT2D eigenvalue weighted by Crippen LogP contribution is -2.46. The first-order valence-corrected chi connectivity index (χ1v) is 8.34. The zero-order valence-electron chi connectivity index (χ0n) is 12.6. The van der Waals surface area contributed by atoms with E-state index in [1.807, 2.05) is 13.8 Å². The molecule has 2 N–H and O–H groups in total. The Morgan fingerprint density at radius 3 is 2.14 bits per heavy atom. The first-order chi connectivity index (χ1) is 10.0. The van der Waals surface area contributed by atoms with E-state index in [0.29, 0.717) is 0 Å². The molecule has 0 aromatic rings. The van der Waals surface area contributed by atoms with E-state index in [2.05, 4.69) is 5.32 Å². The van der Waals surface area contributed by atoms with Gasteiger partial charge in [0.05, 0.1) is 0 Å². The Hall–Kier alpha value is -1.74. The third-order valence-corrected chi connectivity index (χ3v) is 4.71. The zero-order valence-corrected chi connectivity index (χ0v) is 13.5. The number of rotatable bonds is 7. The highest BCUT2D eigenvalue weighted by Crippen LogP contribution is 2.11. The summed E-state index contributed by atoms with van der Waals surface area (Å²) in [6.45, 7) is 5.14. The minimum atomic E-state index is -4.64. The van der Waals surface area contributed by atoms with Gasteiger partial charge in [0, 0.05) is 24.7 Å². The van der Waals surface area contributed by atoms with E-state index in [4.69, 9.17) is 0 Å². The number of hydrogen-bond donors (Lipinski definition) is 2. The first kappa shape index (κ1) is 18.3. The molecule has 0 fully saturated rings. The van der Waals surface area contributed by atoms with Crippen molar-refractivity contribution >= 4 is 27.8 Å². The van der Waals surface area contributed by atoms with Gasteiger partial charge in [0.2, 0.25) is 5.91 Å². The van der Waals surface area contributed by atoms with Gasteiger partial charge in [-0.2, -0.15) is 8.42 Å². The van der Waals surface area contributed by atoms with Crippen molar-refractivity contribution in [1.29, 1.82) is 0 Å². The molecule has 0 saturated carbocycles. The number of carbonyl (C=O) groups is 3. The Kier molecular flexibility index (Phi) is 5.84. The average molecular weight is 332 g/mol. The molecule has 1 heterocycles. The molecule has 0 radical (unpaired) electrons. The van der Waals surface area contributed by atoms with Gasteiger partial charge in [-0.3, -0.25) is 23.8 Å². The Labute approximate surface area is 129 Å². The molecule has 2 atom stereocenters. The van der Waals surface area contributed by atoms with Gasteiger partial charge in [0.25, 0.3) is 21.9 Å². The van der Waals surface area contributed by atoms with Crippen LogP contribution in [0.4, 0.5) is 0 Å². The van der Waals surface area contributed by atoms with Crippen LogP contribution in [0, 0.1) is 5.92 Å². The lowest BCUT2D eigenvalue weighted by Gasteiger charge is -2.22. The molecule has 3 amide bonds. The van der Waals surface area contributed by atoms with Crippen LogP contribution in [0.3, 0.4) is 0 Å². The Morgan fingerprint density at radius 2 is 1.73 bits per heavy atom. The van der Waals surface area contributed by atoms with Crippen LogP contribution in [0.25, 0.3) is 0 Å². The maximum atomic E-state index is 12.0. The van der Waals surface area contributed by atoms with E-state index in [1.54, 1.807) is 6.92 Å². The monoisotopic (exact) mass is 332 g/mol. The van der Waals surface area contributed by atoms with E-state index in [0.717, 1.165) is 17.1 Å². The summed E-state index contributed by atoms with van der Waals surface area (Å²) in [5.41, 5.74) is 0. The van der Waals surface area contributed by atoms with E-state index < -0.39 is 33.1 Å². The zero-order chi connectivity index (χ0) is 17.1. The third-order valence-electron chi connectivity index (χ3n) is 3.54. The standard InChI is InChI=1S/C13H20N2O6S/c1-8(2)9(3)14-13(18)10(22(19,20)21)6-7-15-11(16)4-5-12(15)17/h4-5,8-10H,6-7H2,1-3H3,(H,14,18)(H,19,20,21). The van der Waals surface area contributed by atoms with Crippen molar-refractivity contribution in [3.05, 3.63) is 12.2 Å². The molecule has 0 aromatic carbocycles. The van der Waals surface area contributed by atoms with Crippen molar-refractivity contribution < 1.29 is 27.4 Å². The van der Waals surface area contributed by atoms with Gasteiger partial charge in [0.1, 0.15) is 0 Å². The van der Waals surface area contributed by atoms with Crippen LogP contribution in [-0.2, 0) is 24.5 Å². The summed E-state index contributed by atoms with van der Waals surface area (Å²) in [6, 6.07) is -0.284. The smallest absolute Gasteiger partial charge is 0.277 e. The summed E-state index contributed by atoms with van der Waals surface area (Å²) >= 11 is 0. The minimum Gasteiger partial charge on any atom is -0.352 e. The second-order valence-electron chi connectivity index (χ2n) is 5.50. The molecule has 2 unspecified atom stereocenters. The lowest BCUT2D eigenvalue weighted by atomic mass is 10.1. The summed E-state index contributed by atoms with van der Waals surface area (Å²) < 4.78 is 32.0. The summed E-state index contributed by atoms with van der Waals surface area (Å²) in [6.07, 6.45) is 1.76. The van der Waals surface area contributed by atoms with Crippen LogP contribution >= 0.6 is 0 Å². The molecule has 124 valence electrons. The Morgan fingerprint density at radius 1 is 1.23 bits per heavy atom. The quantitative estimate of drug-likeness (QED) is 0.488. The summed E-state index contributed by atoms with van der Waals surface area (Å²) in [4.78, 5) is 35.6. The van der Waals surface area contributed by atoms with Gasteiger partial charge in [-0.25, -0.2) is 0 Å². The van der Waals surface area contributed by atoms with E-state index in [9.17, 15) is 27.4 Å². The number of imide groups is 1. The largest absolute Gasteiger partial charge is 0.352 e. The topological polar surface area (TPSA) is 121 Å². The number of nitrogens with zero attached hydrogens (tertiary/aromatic N) is 1. The van der Waals surface area contributed by atoms with Crippen LogP contribution < -0.4 is 5.32 Å². The molecule has 0 spiro atoms. The molecule has 9 heteroatoms. The van der Waals surface area contributed by atoms with Crippen molar-refractivity contribution in [1.82, 2.24) is 10.2 Å². The molecule has 1 rings (SSSR count). The molecular weight excluding hydrogens is 312 g/mol. The average Bonchev–Trinajstić information content (AvgIpc) is 2.68. The highest BCUT2D eigenvalue weighted by molar-refractivity contribution is 7.87. The van der Waals surface area contributed by atoms with Gasteiger partial charge in [-0.05, 0) is 19.3 Å². The van der Waals surface area contributed by atoms with Gasteiger partial charge in [0.15, 0.2) is 5.25 Å². The van der Waals surface area contributed by atoms with Crippen molar-refractivity contribution in [2.24, 2.45) is 5.92 Å². The lowest BCUT2D eigenvalue weighted by molar-refractivity contribution is -0.137. The van der Waals surface area contributed by atoms with Gasteiger partial charge in [-0.15, -0.1) is 0 Å². The van der Waals surface area contributed by atoms with Gasteiger partial charge in [-0.1, -0.05) is 13.8 Å². The fourth-order valence-electron chi connectivity index (χ4n) is 1.80. The van der Waals surface area contributed by atoms with E-state index >= 15 is 0 Å². The minimum absolute atomic E-state index is 0.0805. The second-order valence-corrected chi connectivity index (χ2v) is 7.09. The molecular formula is C13H20N2O6S. The second kappa shape index (κ2) is 7.01. The van der Waals surface area contributed by atoms with E-state index in [-0.39, 0.29) is 24.9 Å². The Bertz CT molecular complexity index is 578. The number of nitrogens with one attached hydrogen (secondary N) is 1. The maximum absolute atomic E-state index is 12.0. The van der Waals surface area contributed by atoms with Crippen LogP contribution in [0.2, 0.25) is 0 Å². The SMILES string of the molecule is CC(C)C(C)NC(=O)C(CCN1C(=O)C=CC1=O)S(=O)(=O)O. The predicted molar refractivity (Wildman–Crippen MR) is 78.3 cm³/mol. The van der Waals surface area contributed by atoms with E-state index in [1.165, 1.54) is 0 Å². The highest BCUT2D eigenvalue weighted by Gasteiger charge is 2.34. The first-order valence-electron chi connectivity index (χ1n) is 6.84. The molecule has 8 nitrogen and oxygen atoms in total. The summed E-state index contributed by atoms with van der Waals surface area (Å²) in [5.74, 6) is -1.92. The molecule has 0 saturated heterocycles. The molecule has 0 aromatic heterocycles. The molecule has 0 bridgehead atoms.